The summed E-state index contributed by atoms with van der Waals surface area (Å²) in [4.78, 5) is 11.9. The van der Waals surface area contributed by atoms with E-state index >= 15 is 0 Å². The van der Waals surface area contributed by atoms with Crippen LogP contribution in [0.25, 0.3) is 0 Å². The predicted molar refractivity (Wildman–Crippen MR) is 84.1 cm³/mol. The molecular weight excluding hydrogens is 282 g/mol. The molecule has 1 amide bonds. The Morgan fingerprint density at radius 1 is 1.18 bits per heavy atom. The van der Waals surface area contributed by atoms with E-state index in [0.29, 0.717) is 11.4 Å². The Bertz CT molecular complexity index is 626. The van der Waals surface area contributed by atoms with Crippen LogP contribution in [-0.2, 0) is 11.3 Å². The second-order valence-corrected chi connectivity index (χ2v) is 5.03. The fourth-order valence-corrected chi connectivity index (χ4v) is 1.83. The van der Waals surface area contributed by atoms with Crippen LogP contribution in [0.2, 0.25) is 0 Å². The first kappa shape index (κ1) is 15.7. The van der Waals surface area contributed by atoms with Crippen LogP contribution >= 0.6 is 0 Å². The van der Waals surface area contributed by atoms with Crippen molar-refractivity contribution < 1.29 is 19.4 Å². The maximum Gasteiger partial charge on any atom is 0.412 e. The fourth-order valence-electron chi connectivity index (χ4n) is 1.83. The van der Waals surface area contributed by atoms with E-state index in [-0.39, 0.29) is 18.5 Å². The predicted octanol–water partition coefficient (Wildman–Crippen LogP) is 3.93. The van der Waals surface area contributed by atoms with E-state index in [1.807, 2.05) is 44.2 Å². The molecule has 5 heteroatoms. The number of benzene rings is 2. The van der Waals surface area contributed by atoms with Crippen LogP contribution < -0.4 is 10.1 Å². The van der Waals surface area contributed by atoms with Crippen molar-refractivity contribution in [3.8, 4) is 11.5 Å². The van der Waals surface area contributed by atoms with Crippen LogP contribution in [0.5, 0.6) is 11.5 Å². The lowest BCUT2D eigenvalue weighted by Gasteiger charge is -2.15. The van der Waals surface area contributed by atoms with Crippen LogP contribution in [0.3, 0.4) is 0 Å². The summed E-state index contributed by atoms with van der Waals surface area (Å²) in [7, 11) is 0. The van der Waals surface area contributed by atoms with Gasteiger partial charge >= 0.3 is 6.09 Å². The first-order valence-electron chi connectivity index (χ1n) is 7.02. The molecule has 2 aromatic carbocycles. The average molecular weight is 301 g/mol. The molecule has 0 saturated heterocycles. The Kier molecular flexibility index (Phi) is 5.25. The van der Waals surface area contributed by atoms with Crippen molar-refractivity contribution in [3.05, 3.63) is 54.1 Å². The summed E-state index contributed by atoms with van der Waals surface area (Å²) >= 11 is 0. The van der Waals surface area contributed by atoms with Gasteiger partial charge in [0.2, 0.25) is 0 Å². The topological polar surface area (TPSA) is 67.8 Å². The molecule has 0 fully saturated rings. The smallest absolute Gasteiger partial charge is 0.412 e. The molecule has 0 atom stereocenters. The molecule has 0 aliphatic carbocycles. The fraction of sp³-hybridized carbons (Fsp3) is 0.235. The molecule has 116 valence electrons. The van der Waals surface area contributed by atoms with Crippen LogP contribution in [0.1, 0.15) is 19.4 Å². The number of nitrogens with one attached hydrogen (secondary N) is 1. The molecule has 0 aliphatic heterocycles. The van der Waals surface area contributed by atoms with Gasteiger partial charge in [0.1, 0.15) is 18.1 Å². The first-order valence-corrected chi connectivity index (χ1v) is 7.02. The number of anilines is 1. The molecule has 5 nitrogen and oxygen atoms in total. The summed E-state index contributed by atoms with van der Waals surface area (Å²) in [5.41, 5.74) is 1.35. The Balaban J connectivity index is 1.99. The van der Waals surface area contributed by atoms with Crippen molar-refractivity contribution in [2.24, 2.45) is 0 Å². The molecule has 2 N–H and O–H groups in total. The third-order valence-corrected chi connectivity index (χ3v) is 2.78. The quantitative estimate of drug-likeness (QED) is 0.821. The summed E-state index contributed by atoms with van der Waals surface area (Å²) in [5, 5.41) is 12.1. The maximum absolute atomic E-state index is 11.9. The monoisotopic (exact) mass is 301 g/mol. The van der Waals surface area contributed by atoms with E-state index in [4.69, 9.17) is 9.47 Å². The van der Waals surface area contributed by atoms with Gasteiger partial charge in [0.25, 0.3) is 0 Å². The number of hydrogen-bond donors (Lipinski definition) is 2. The van der Waals surface area contributed by atoms with Crippen LogP contribution in [0.4, 0.5) is 10.5 Å². The first-order chi connectivity index (χ1) is 10.5. The highest BCUT2D eigenvalue weighted by Crippen LogP contribution is 2.29. The number of ether oxygens (including phenoxy) is 2. The lowest BCUT2D eigenvalue weighted by atomic mass is 10.2. The van der Waals surface area contributed by atoms with Gasteiger partial charge in [0.05, 0.1) is 11.8 Å². The molecule has 0 radical (unpaired) electrons. The lowest BCUT2D eigenvalue weighted by Crippen LogP contribution is -2.15. The molecular formula is C17H19NO4. The highest BCUT2D eigenvalue weighted by Gasteiger charge is 2.11. The van der Waals surface area contributed by atoms with Gasteiger partial charge in [-0.2, -0.15) is 0 Å². The summed E-state index contributed by atoms with van der Waals surface area (Å²) in [6, 6.07) is 13.9. The van der Waals surface area contributed by atoms with Crippen molar-refractivity contribution in [3.63, 3.8) is 0 Å². The molecule has 0 spiro atoms. The van der Waals surface area contributed by atoms with Crippen molar-refractivity contribution >= 4 is 11.8 Å². The number of rotatable bonds is 5. The number of aromatic hydroxyl groups is 1. The van der Waals surface area contributed by atoms with E-state index in [1.54, 1.807) is 6.07 Å². The molecule has 0 saturated carbocycles. The van der Waals surface area contributed by atoms with Gasteiger partial charge in [-0.05, 0) is 31.5 Å². The van der Waals surface area contributed by atoms with Gasteiger partial charge in [0.15, 0.2) is 0 Å². The van der Waals surface area contributed by atoms with Crippen LogP contribution in [0.15, 0.2) is 48.5 Å². The van der Waals surface area contributed by atoms with Crippen LogP contribution in [0, 0.1) is 0 Å². The number of phenolic OH excluding ortho intramolecular Hbond substituents is 1. The maximum atomic E-state index is 11.9. The minimum absolute atomic E-state index is 0.0684. The van der Waals surface area contributed by atoms with Gasteiger partial charge in [0, 0.05) is 6.07 Å². The van der Waals surface area contributed by atoms with Gasteiger partial charge in [-0.25, -0.2) is 4.79 Å². The highest BCUT2D eigenvalue weighted by atomic mass is 16.5. The second-order valence-electron chi connectivity index (χ2n) is 5.03. The van der Waals surface area contributed by atoms with Gasteiger partial charge in [-0.15, -0.1) is 0 Å². The zero-order valence-electron chi connectivity index (χ0n) is 12.6. The summed E-state index contributed by atoms with van der Waals surface area (Å²) in [6.07, 6.45) is -0.661. The average Bonchev–Trinajstić information content (AvgIpc) is 2.48. The summed E-state index contributed by atoms with van der Waals surface area (Å²) in [6.45, 7) is 3.91. The number of carbonyl (C=O) groups is 1. The summed E-state index contributed by atoms with van der Waals surface area (Å²) in [5.74, 6) is 0.463. The normalized spacial score (nSPS) is 10.3. The zero-order chi connectivity index (χ0) is 15.9. The SMILES string of the molecule is CC(C)Oc1cc(O)ccc1NC(=O)OCc1ccccc1. The van der Waals surface area contributed by atoms with Crippen molar-refractivity contribution in [1.29, 1.82) is 0 Å². The molecule has 0 aromatic heterocycles. The van der Waals surface area contributed by atoms with Gasteiger partial charge < -0.3 is 14.6 Å². The second kappa shape index (κ2) is 7.36. The van der Waals surface area contributed by atoms with Crippen molar-refractivity contribution in [1.82, 2.24) is 0 Å². The number of amides is 1. The van der Waals surface area contributed by atoms with E-state index in [9.17, 15) is 9.90 Å². The molecule has 2 aromatic rings. The molecule has 0 aliphatic rings. The molecule has 0 heterocycles. The van der Waals surface area contributed by atoms with E-state index in [2.05, 4.69) is 5.32 Å². The number of hydrogen-bond acceptors (Lipinski definition) is 4. The zero-order valence-corrected chi connectivity index (χ0v) is 12.6. The van der Waals surface area contributed by atoms with Crippen molar-refractivity contribution in [2.75, 3.05) is 5.32 Å². The molecule has 22 heavy (non-hydrogen) atoms. The minimum atomic E-state index is -0.580. The van der Waals surface area contributed by atoms with Gasteiger partial charge in [-0.3, -0.25) is 5.32 Å². The highest BCUT2D eigenvalue weighted by molar-refractivity contribution is 5.86. The Hall–Kier alpha value is -2.69. The standard InChI is InChI=1S/C17H19NO4/c1-12(2)22-16-10-14(19)8-9-15(16)18-17(20)21-11-13-6-4-3-5-7-13/h3-10,12,19H,11H2,1-2H3,(H,18,20). The Labute approximate surface area is 129 Å². The Morgan fingerprint density at radius 2 is 1.91 bits per heavy atom. The minimum Gasteiger partial charge on any atom is -0.508 e. The largest absolute Gasteiger partial charge is 0.508 e. The number of carbonyl (C=O) groups excluding carboxylic acids is 1. The van der Waals surface area contributed by atoms with Crippen LogP contribution in [-0.4, -0.2) is 17.3 Å². The lowest BCUT2D eigenvalue weighted by molar-refractivity contribution is 0.155. The third kappa shape index (κ3) is 4.70. The molecule has 2 rings (SSSR count). The van der Waals surface area contributed by atoms with E-state index in [1.165, 1.54) is 12.1 Å². The Morgan fingerprint density at radius 3 is 2.59 bits per heavy atom. The van der Waals surface area contributed by atoms with Crippen molar-refractivity contribution in [2.45, 2.75) is 26.6 Å². The third-order valence-electron chi connectivity index (χ3n) is 2.78. The van der Waals surface area contributed by atoms with Gasteiger partial charge in [-0.1, -0.05) is 30.3 Å². The van der Waals surface area contributed by atoms with E-state index in [0.717, 1.165) is 5.56 Å². The molecule has 0 unspecified atom stereocenters. The number of phenols is 1. The summed E-state index contributed by atoms with van der Waals surface area (Å²) < 4.78 is 10.7. The molecule has 0 bridgehead atoms. The van der Waals surface area contributed by atoms with E-state index < -0.39 is 6.09 Å².